The van der Waals surface area contributed by atoms with Crippen LogP contribution in [0, 0.1) is 0 Å². The molecule has 1 saturated heterocycles. The minimum absolute atomic E-state index is 0.359. The number of nitrogens with zero attached hydrogens (tertiary/aromatic N) is 3. The maximum Gasteiger partial charge on any atom is 0.268 e. The van der Waals surface area contributed by atoms with E-state index < -0.39 is 5.91 Å². The van der Waals surface area contributed by atoms with Gasteiger partial charge in [-0.05, 0) is 16.3 Å². The van der Waals surface area contributed by atoms with Gasteiger partial charge in [0.2, 0.25) is 0 Å². The van der Waals surface area contributed by atoms with E-state index in [-0.39, 0.29) is 0 Å². The highest BCUT2D eigenvalue weighted by atomic mass is 32.1. The summed E-state index contributed by atoms with van der Waals surface area (Å²) >= 11 is 1.49. The summed E-state index contributed by atoms with van der Waals surface area (Å²) in [5.74, 6) is -0.461. The van der Waals surface area contributed by atoms with Crippen molar-refractivity contribution in [3.8, 4) is 0 Å². The van der Waals surface area contributed by atoms with Gasteiger partial charge in [-0.3, -0.25) is 9.69 Å². The predicted molar refractivity (Wildman–Crippen MR) is 102 cm³/mol. The molecule has 0 bridgehead atoms. The van der Waals surface area contributed by atoms with Gasteiger partial charge in [0, 0.05) is 38.1 Å². The van der Waals surface area contributed by atoms with Gasteiger partial charge in [0.15, 0.2) is 5.13 Å². The Hall–Kier alpha value is -2.44. The zero-order valence-corrected chi connectivity index (χ0v) is 14.7. The first-order valence-electron chi connectivity index (χ1n) is 8.40. The Kier molecular flexibility index (Phi) is 4.38. The van der Waals surface area contributed by atoms with Crippen LogP contribution >= 0.6 is 11.3 Å². The first kappa shape index (κ1) is 16.1. The number of benzene rings is 2. The summed E-state index contributed by atoms with van der Waals surface area (Å²) in [6, 6.07) is 15.1. The lowest BCUT2D eigenvalue weighted by molar-refractivity contribution is 0.0996. The molecule has 0 saturated carbocycles. The van der Waals surface area contributed by atoms with Crippen molar-refractivity contribution in [2.45, 2.75) is 6.54 Å². The number of nitrogens with two attached hydrogens (primary N) is 1. The minimum atomic E-state index is -0.461. The molecule has 0 aliphatic carbocycles. The summed E-state index contributed by atoms with van der Waals surface area (Å²) in [5.41, 5.74) is 7.02. The average molecular weight is 352 g/mol. The van der Waals surface area contributed by atoms with Crippen LogP contribution in [0.2, 0.25) is 0 Å². The largest absolute Gasteiger partial charge is 0.364 e. The van der Waals surface area contributed by atoms with Gasteiger partial charge in [-0.2, -0.15) is 0 Å². The smallest absolute Gasteiger partial charge is 0.268 e. The molecule has 0 radical (unpaired) electrons. The molecule has 0 unspecified atom stereocenters. The highest BCUT2D eigenvalue weighted by Gasteiger charge is 2.20. The first-order chi connectivity index (χ1) is 12.2. The van der Waals surface area contributed by atoms with Crippen molar-refractivity contribution in [3.05, 3.63) is 59.1 Å². The fraction of sp³-hybridized carbons (Fsp3) is 0.263. The van der Waals surface area contributed by atoms with Crippen molar-refractivity contribution in [3.63, 3.8) is 0 Å². The molecule has 1 aliphatic heterocycles. The topological polar surface area (TPSA) is 62.5 Å². The molecular weight excluding hydrogens is 332 g/mol. The molecule has 2 N–H and O–H groups in total. The van der Waals surface area contributed by atoms with Gasteiger partial charge >= 0.3 is 0 Å². The minimum Gasteiger partial charge on any atom is -0.364 e. The van der Waals surface area contributed by atoms with Gasteiger partial charge in [-0.1, -0.05) is 42.5 Å². The van der Waals surface area contributed by atoms with E-state index in [1.54, 1.807) is 5.38 Å². The van der Waals surface area contributed by atoms with Crippen LogP contribution in [0.15, 0.2) is 47.8 Å². The van der Waals surface area contributed by atoms with Crippen molar-refractivity contribution in [2.24, 2.45) is 5.73 Å². The SMILES string of the molecule is NC(=O)c1csc(N2CCN(Cc3cccc4ccccc34)CC2)n1. The van der Waals surface area contributed by atoms with Crippen molar-refractivity contribution >= 4 is 33.1 Å². The number of aromatic nitrogens is 1. The van der Waals surface area contributed by atoms with E-state index in [0.717, 1.165) is 37.9 Å². The summed E-state index contributed by atoms with van der Waals surface area (Å²) in [7, 11) is 0. The third-order valence-electron chi connectivity index (χ3n) is 4.66. The number of carbonyl (C=O) groups excluding carboxylic acids is 1. The van der Waals surface area contributed by atoms with Crippen molar-refractivity contribution in [1.82, 2.24) is 9.88 Å². The number of hydrogen-bond acceptors (Lipinski definition) is 5. The molecule has 3 aromatic rings. The number of thiazole rings is 1. The summed E-state index contributed by atoms with van der Waals surface area (Å²) in [6.45, 7) is 4.75. The number of amides is 1. The van der Waals surface area contributed by atoms with Crippen LogP contribution in [0.4, 0.5) is 5.13 Å². The second kappa shape index (κ2) is 6.82. The Labute approximate surface area is 150 Å². The first-order valence-corrected chi connectivity index (χ1v) is 9.28. The van der Waals surface area contributed by atoms with Crippen LogP contribution in [0.3, 0.4) is 0 Å². The lowest BCUT2D eigenvalue weighted by Gasteiger charge is -2.34. The standard InChI is InChI=1S/C19H20N4OS/c20-18(24)17-13-25-19(21-17)23-10-8-22(9-11-23)12-15-6-3-5-14-4-1-2-7-16(14)15/h1-7,13H,8-12H2,(H2,20,24). The van der Waals surface area contributed by atoms with Crippen molar-refractivity contribution in [1.29, 1.82) is 0 Å². The molecule has 1 aliphatic rings. The van der Waals surface area contributed by atoms with E-state index in [4.69, 9.17) is 5.73 Å². The molecule has 0 atom stereocenters. The lowest BCUT2D eigenvalue weighted by atomic mass is 10.0. The van der Waals surface area contributed by atoms with Crippen LogP contribution < -0.4 is 10.6 Å². The zero-order valence-electron chi connectivity index (χ0n) is 13.9. The normalized spacial score (nSPS) is 15.6. The molecule has 1 fully saturated rings. The Morgan fingerprint density at radius 1 is 1.08 bits per heavy atom. The number of piperazine rings is 1. The van der Waals surface area contributed by atoms with Gasteiger partial charge in [0.25, 0.3) is 5.91 Å². The third-order valence-corrected chi connectivity index (χ3v) is 5.56. The fourth-order valence-corrected chi connectivity index (χ4v) is 4.16. The van der Waals surface area contributed by atoms with Gasteiger partial charge in [0.05, 0.1) is 0 Å². The van der Waals surface area contributed by atoms with Crippen LogP contribution in [-0.2, 0) is 6.54 Å². The predicted octanol–water partition coefficient (Wildman–Crippen LogP) is 2.72. The highest BCUT2D eigenvalue weighted by molar-refractivity contribution is 7.13. The molecule has 0 spiro atoms. The Bertz CT molecular complexity index is 894. The number of fused-ring (bicyclic) bond motifs is 1. The molecule has 25 heavy (non-hydrogen) atoms. The number of carbonyl (C=O) groups is 1. The van der Waals surface area contributed by atoms with Crippen LogP contribution in [0.1, 0.15) is 16.1 Å². The Morgan fingerprint density at radius 3 is 2.60 bits per heavy atom. The van der Waals surface area contributed by atoms with E-state index in [2.05, 4.69) is 57.2 Å². The number of hydrogen-bond donors (Lipinski definition) is 1. The quantitative estimate of drug-likeness (QED) is 0.784. The molecular formula is C19H20N4OS. The van der Waals surface area contributed by atoms with Crippen LogP contribution in [-0.4, -0.2) is 42.0 Å². The number of rotatable bonds is 4. The highest BCUT2D eigenvalue weighted by Crippen LogP contribution is 2.24. The van der Waals surface area contributed by atoms with E-state index in [1.807, 2.05) is 0 Å². The molecule has 1 amide bonds. The molecule has 4 rings (SSSR count). The van der Waals surface area contributed by atoms with Crippen LogP contribution in [0.5, 0.6) is 0 Å². The molecule has 6 heteroatoms. The van der Waals surface area contributed by atoms with Crippen molar-refractivity contribution in [2.75, 3.05) is 31.1 Å². The maximum atomic E-state index is 11.2. The Morgan fingerprint density at radius 2 is 1.84 bits per heavy atom. The van der Waals surface area contributed by atoms with Crippen LogP contribution in [0.25, 0.3) is 10.8 Å². The summed E-state index contributed by atoms with van der Waals surface area (Å²) in [5, 5.41) is 5.25. The summed E-state index contributed by atoms with van der Waals surface area (Å²) in [6.07, 6.45) is 0. The fourth-order valence-electron chi connectivity index (χ4n) is 3.29. The van der Waals surface area contributed by atoms with E-state index in [9.17, 15) is 4.79 Å². The molecule has 2 heterocycles. The monoisotopic (exact) mass is 352 g/mol. The summed E-state index contributed by atoms with van der Waals surface area (Å²) in [4.78, 5) is 20.2. The molecule has 128 valence electrons. The summed E-state index contributed by atoms with van der Waals surface area (Å²) < 4.78 is 0. The average Bonchev–Trinajstić information content (AvgIpc) is 3.13. The van der Waals surface area contributed by atoms with Gasteiger partial charge < -0.3 is 10.6 Å². The van der Waals surface area contributed by atoms with Gasteiger partial charge in [-0.25, -0.2) is 4.98 Å². The van der Waals surface area contributed by atoms with Gasteiger partial charge in [-0.15, -0.1) is 11.3 Å². The maximum absolute atomic E-state index is 11.2. The molecule has 1 aromatic heterocycles. The third kappa shape index (κ3) is 3.36. The number of anilines is 1. The Balaban J connectivity index is 1.42. The molecule has 2 aromatic carbocycles. The second-order valence-electron chi connectivity index (χ2n) is 6.28. The lowest BCUT2D eigenvalue weighted by Crippen LogP contribution is -2.46. The zero-order chi connectivity index (χ0) is 17.2. The van der Waals surface area contributed by atoms with E-state index in [0.29, 0.717) is 5.69 Å². The number of primary amides is 1. The van der Waals surface area contributed by atoms with E-state index >= 15 is 0 Å². The second-order valence-corrected chi connectivity index (χ2v) is 7.12. The van der Waals surface area contributed by atoms with E-state index in [1.165, 1.54) is 27.7 Å². The van der Waals surface area contributed by atoms with Gasteiger partial charge in [0.1, 0.15) is 5.69 Å². The van der Waals surface area contributed by atoms with Crippen molar-refractivity contribution < 1.29 is 4.79 Å². The molecule has 5 nitrogen and oxygen atoms in total.